The number of rotatable bonds is 3. The van der Waals surface area contributed by atoms with Crippen molar-refractivity contribution < 1.29 is 0 Å². The molecule has 0 amide bonds. The van der Waals surface area contributed by atoms with Crippen LogP contribution in [0.25, 0.3) is 10.2 Å². The summed E-state index contributed by atoms with van der Waals surface area (Å²) < 4.78 is 1.32. The van der Waals surface area contributed by atoms with Gasteiger partial charge in [-0.1, -0.05) is 26.0 Å². The maximum Gasteiger partial charge on any atom is 0.0979 e. The van der Waals surface area contributed by atoms with E-state index in [1.54, 1.807) is 0 Å². The Bertz CT molecular complexity index is 579. The van der Waals surface area contributed by atoms with E-state index in [-0.39, 0.29) is 0 Å². The lowest BCUT2D eigenvalue weighted by Gasteiger charge is -2.18. The number of nitrogens with one attached hydrogen (secondary N) is 1. The number of hydrogen-bond donors (Lipinski definition) is 1. The van der Waals surface area contributed by atoms with E-state index < -0.39 is 0 Å². The Labute approximate surface area is 150 Å². The van der Waals surface area contributed by atoms with Crippen LogP contribution in [0.15, 0.2) is 24.3 Å². The van der Waals surface area contributed by atoms with Crippen LogP contribution in [0.1, 0.15) is 50.5 Å². The van der Waals surface area contributed by atoms with E-state index in [0.717, 1.165) is 11.4 Å². The number of benzene rings is 1. The molecule has 2 unspecified atom stereocenters. The highest BCUT2D eigenvalue weighted by Gasteiger charge is 2.18. The van der Waals surface area contributed by atoms with Crippen LogP contribution >= 0.6 is 11.3 Å². The van der Waals surface area contributed by atoms with E-state index in [1.807, 2.05) is 11.3 Å². The molecule has 4 heteroatoms. The summed E-state index contributed by atoms with van der Waals surface area (Å²) in [6, 6.07) is 8.43. The number of fused-ring (bicyclic) bond motifs is 1. The van der Waals surface area contributed by atoms with Gasteiger partial charge in [0.2, 0.25) is 0 Å². The van der Waals surface area contributed by atoms with Crippen molar-refractivity contribution in [3.63, 3.8) is 0 Å². The third-order valence-corrected chi connectivity index (χ3v) is 6.27. The van der Waals surface area contributed by atoms with Gasteiger partial charge < -0.3 is 10.2 Å². The summed E-state index contributed by atoms with van der Waals surface area (Å²) in [5.74, 6) is 1.49. The fraction of sp³-hybridized carbons (Fsp3) is 0.650. The zero-order valence-corrected chi connectivity index (χ0v) is 15.9. The van der Waals surface area contributed by atoms with Gasteiger partial charge in [0.1, 0.15) is 0 Å². The van der Waals surface area contributed by atoms with E-state index in [2.05, 4.69) is 48.3 Å². The monoisotopic (exact) mass is 345 g/mol. The maximum absolute atomic E-state index is 4.75. The van der Waals surface area contributed by atoms with E-state index in [1.165, 1.54) is 68.1 Å². The molecule has 2 atom stereocenters. The second kappa shape index (κ2) is 8.93. The topological polar surface area (TPSA) is 28.2 Å². The molecule has 0 bridgehead atoms. The summed E-state index contributed by atoms with van der Waals surface area (Å²) in [6.45, 7) is 10.8. The molecule has 1 N–H and O–H groups in total. The summed E-state index contributed by atoms with van der Waals surface area (Å²) in [4.78, 5) is 7.31. The number of para-hydroxylation sites is 1. The van der Waals surface area contributed by atoms with Crippen LogP contribution in [-0.2, 0) is 0 Å². The number of nitrogens with zero attached hydrogens (tertiary/aromatic N) is 2. The number of thiazole rings is 1. The summed E-state index contributed by atoms with van der Waals surface area (Å²) in [6.07, 6.45) is 5.54. The summed E-state index contributed by atoms with van der Waals surface area (Å²) >= 11 is 1.85. The van der Waals surface area contributed by atoms with Gasteiger partial charge in [-0.3, -0.25) is 0 Å². The number of hydrogen-bond acceptors (Lipinski definition) is 4. The molecule has 132 valence electrons. The molecule has 1 aromatic carbocycles. The number of piperidine rings is 1. The maximum atomic E-state index is 4.75. The van der Waals surface area contributed by atoms with Crippen LogP contribution < -0.4 is 5.32 Å². The molecule has 2 aliphatic heterocycles. The SMILES string of the molecule is CC(CN1CCCC1)c1nc2ccccc2s1.CC1CCCNC1. The quantitative estimate of drug-likeness (QED) is 0.887. The first-order chi connectivity index (χ1) is 11.7. The minimum absolute atomic E-state index is 0.561. The molecule has 4 rings (SSSR count). The van der Waals surface area contributed by atoms with Crippen molar-refractivity contribution in [1.29, 1.82) is 0 Å². The molecule has 2 saturated heterocycles. The van der Waals surface area contributed by atoms with Gasteiger partial charge in [-0.2, -0.15) is 0 Å². The second-order valence-corrected chi connectivity index (χ2v) is 8.44. The average molecular weight is 346 g/mol. The Kier molecular flexibility index (Phi) is 6.64. The summed E-state index contributed by atoms with van der Waals surface area (Å²) in [5.41, 5.74) is 1.15. The largest absolute Gasteiger partial charge is 0.316 e. The molecule has 0 saturated carbocycles. The van der Waals surface area contributed by atoms with Crippen molar-refractivity contribution in [2.75, 3.05) is 32.7 Å². The molecule has 3 heterocycles. The zero-order valence-electron chi connectivity index (χ0n) is 15.1. The van der Waals surface area contributed by atoms with Gasteiger partial charge in [0.05, 0.1) is 15.2 Å². The fourth-order valence-electron chi connectivity index (χ4n) is 3.56. The first-order valence-electron chi connectivity index (χ1n) is 9.51. The first-order valence-corrected chi connectivity index (χ1v) is 10.3. The van der Waals surface area contributed by atoms with Gasteiger partial charge in [0, 0.05) is 12.5 Å². The van der Waals surface area contributed by atoms with Gasteiger partial charge in [-0.25, -0.2) is 4.98 Å². The molecule has 2 aliphatic rings. The van der Waals surface area contributed by atoms with Crippen molar-refractivity contribution in [2.24, 2.45) is 5.92 Å². The van der Waals surface area contributed by atoms with E-state index >= 15 is 0 Å². The Hall–Kier alpha value is -0.970. The van der Waals surface area contributed by atoms with Crippen molar-refractivity contribution in [3.8, 4) is 0 Å². The highest BCUT2D eigenvalue weighted by molar-refractivity contribution is 7.18. The van der Waals surface area contributed by atoms with Crippen LogP contribution in [-0.4, -0.2) is 42.6 Å². The van der Waals surface area contributed by atoms with Crippen LogP contribution in [0.3, 0.4) is 0 Å². The van der Waals surface area contributed by atoms with E-state index in [4.69, 9.17) is 4.98 Å². The van der Waals surface area contributed by atoms with Crippen LogP contribution in [0.4, 0.5) is 0 Å². The predicted octanol–water partition coefficient (Wildman–Crippen LogP) is 4.50. The third kappa shape index (κ3) is 5.01. The zero-order chi connectivity index (χ0) is 16.8. The van der Waals surface area contributed by atoms with Crippen LogP contribution in [0, 0.1) is 5.92 Å². The minimum atomic E-state index is 0.561. The average Bonchev–Trinajstić information content (AvgIpc) is 3.25. The molecule has 2 aromatic rings. The normalized spacial score (nSPS) is 23.0. The minimum Gasteiger partial charge on any atom is -0.316 e. The van der Waals surface area contributed by atoms with Gasteiger partial charge in [-0.15, -0.1) is 11.3 Å². The molecule has 1 aromatic heterocycles. The Morgan fingerprint density at radius 1 is 1.25 bits per heavy atom. The highest BCUT2D eigenvalue weighted by atomic mass is 32.1. The number of aromatic nitrogens is 1. The van der Waals surface area contributed by atoms with Crippen LogP contribution in [0.2, 0.25) is 0 Å². The van der Waals surface area contributed by atoms with Gasteiger partial charge in [0.15, 0.2) is 0 Å². The number of likely N-dealkylation sites (tertiary alicyclic amines) is 1. The molecular formula is C20H31N3S. The predicted molar refractivity (Wildman–Crippen MR) is 105 cm³/mol. The van der Waals surface area contributed by atoms with Crippen molar-refractivity contribution >= 4 is 21.6 Å². The van der Waals surface area contributed by atoms with E-state index in [9.17, 15) is 0 Å². The Balaban J connectivity index is 0.000000203. The third-order valence-electron chi connectivity index (χ3n) is 5.01. The first kappa shape index (κ1) is 17.8. The molecule has 24 heavy (non-hydrogen) atoms. The molecule has 3 nitrogen and oxygen atoms in total. The molecular weight excluding hydrogens is 314 g/mol. The smallest absolute Gasteiger partial charge is 0.0979 e. The molecule has 0 aliphatic carbocycles. The molecule has 0 spiro atoms. The lowest BCUT2D eigenvalue weighted by molar-refractivity contribution is 0.320. The van der Waals surface area contributed by atoms with Crippen LogP contribution in [0.5, 0.6) is 0 Å². The summed E-state index contributed by atoms with van der Waals surface area (Å²) in [7, 11) is 0. The van der Waals surface area contributed by atoms with Gasteiger partial charge in [-0.05, 0) is 69.9 Å². The van der Waals surface area contributed by atoms with Gasteiger partial charge >= 0.3 is 0 Å². The van der Waals surface area contributed by atoms with Crippen molar-refractivity contribution in [3.05, 3.63) is 29.3 Å². The van der Waals surface area contributed by atoms with E-state index in [0.29, 0.717) is 5.92 Å². The summed E-state index contributed by atoms with van der Waals surface area (Å²) in [5, 5.41) is 4.62. The Morgan fingerprint density at radius 2 is 2.04 bits per heavy atom. The van der Waals surface area contributed by atoms with Crippen molar-refractivity contribution in [2.45, 2.75) is 45.4 Å². The standard InChI is InChI=1S/C14H18N2S.C6H13N/c1-11(10-16-8-4-5-9-16)14-15-12-6-2-3-7-13(12)17-14;1-6-3-2-4-7-5-6/h2-3,6-7,11H,4-5,8-10H2,1H3;6-7H,2-5H2,1H3. The highest BCUT2D eigenvalue weighted by Crippen LogP contribution is 2.28. The Morgan fingerprint density at radius 3 is 2.67 bits per heavy atom. The second-order valence-electron chi connectivity index (χ2n) is 7.38. The fourth-order valence-corrected chi connectivity index (χ4v) is 4.57. The lowest BCUT2D eigenvalue weighted by Crippen LogP contribution is -2.27. The lowest BCUT2D eigenvalue weighted by atomic mass is 10.0. The van der Waals surface area contributed by atoms with Crippen molar-refractivity contribution in [1.82, 2.24) is 15.2 Å². The molecule has 0 radical (unpaired) electrons. The molecule has 2 fully saturated rings. The van der Waals surface area contributed by atoms with Gasteiger partial charge in [0.25, 0.3) is 0 Å².